The highest BCUT2D eigenvalue weighted by Gasteiger charge is 2.44. The lowest BCUT2D eigenvalue weighted by Crippen LogP contribution is -3.14. The van der Waals surface area contributed by atoms with E-state index in [2.05, 4.69) is 10.6 Å². The zero-order chi connectivity index (χ0) is 13.7. The molecule has 1 fully saturated rings. The fourth-order valence-corrected chi connectivity index (χ4v) is 3.99. The summed E-state index contributed by atoms with van der Waals surface area (Å²) in [4.78, 5) is 1.51. The molecule has 0 amide bonds. The molecule has 0 spiro atoms. The van der Waals surface area contributed by atoms with Crippen LogP contribution in [-0.4, -0.2) is 18.2 Å². The SMILES string of the molecule is Fc1cccc([C@@H]2NC(=S)NC3=C2[NH+]2CCC3CC2)c1. The lowest BCUT2D eigenvalue weighted by Gasteiger charge is -2.44. The smallest absolute Gasteiger partial charge is 0.171 e. The summed E-state index contributed by atoms with van der Waals surface area (Å²) in [6, 6.07) is 6.84. The lowest BCUT2D eigenvalue weighted by atomic mass is 9.83. The third kappa shape index (κ3) is 1.84. The van der Waals surface area contributed by atoms with E-state index in [1.165, 1.54) is 48.3 Å². The van der Waals surface area contributed by atoms with Gasteiger partial charge < -0.3 is 15.5 Å². The van der Waals surface area contributed by atoms with Gasteiger partial charge in [0.2, 0.25) is 0 Å². The molecule has 1 saturated heterocycles. The normalized spacial score (nSPS) is 31.6. The Morgan fingerprint density at radius 2 is 2.05 bits per heavy atom. The van der Waals surface area contributed by atoms with E-state index in [4.69, 9.17) is 12.2 Å². The summed E-state index contributed by atoms with van der Waals surface area (Å²) >= 11 is 5.34. The Hall–Kier alpha value is -1.46. The molecule has 5 rings (SSSR count). The van der Waals surface area contributed by atoms with E-state index in [-0.39, 0.29) is 11.9 Å². The van der Waals surface area contributed by atoms with Crippen molar-refractivity contribution in [1.29, 1.82) is 0 Å². The first-order valence-corrected chi connectivity index (χ1v) is 7.55. The quantitative estimate of drug-likeness (QED) is 0.670. The summed E-state index contributed by atoms with van der Waals surface area (Å²) in [6.45, 7) is 2.34. The van der Waals surface area contributed by atoms with Crippen molar-refractivity contribution in [3.8, 4) is 0 Å². The Kier molecular flexibility index (Phi) is 2.79. The molecule has 1 atom stereocenters. The Balaban J connectivity index is 1.82. The first-order chi connectivity index (χ1) is 9.72. The number of quaternary nitrogens is 1. The Morgan fingerprint density at radius 1 is 1.25 bits per heavy atom. The number of hydrogen-bond acceptors (Lipinski definition) is 1. The summed E-state index contributed by atoms with van der Waals surface area (Å²) in [5.41, 5.74) is 3.59. The molecule has 3 N–H and O–H groups in total. The predicted octanol–water partition coefficient (Wildman–Crippen LogP) is 0.865. The van der Waals surface area contributed by atoms with Gasteiger partial charge in [-0.2, -0.15) is 0 Å². The van der Waals surface area contributed by atoms with Crippen LogP contribution in [0.15, 0.2) is 35.7 Å². The Bertz CT molecular complexity index is 605. The zero-order valence-electron chi connectivity index (χ0n) is 11.1. The van der Waals surface area contributed by atoms with Gasteiger partial charge in [0, 0.05) is 18.8 Å². The van der Waals surface area contributed by atoms with E-state index in [0.717, 1.165) is 5.56 Å². The van der Waals surface area contributed by atoms with Gasteiger partial charge in [-0.3, -0.25) is 0 Å². The monoisotopic (exact) mass is 290 g/mol. The van der Waals surface area contributed by atoms with Crippen molar-refractivity contribution in [3.63, 3.8) is 0 Å². The number of thiocarbonyl (C=S) groups is 1. The summed E-state index contributed by atoms with van der Waals surface area (Å²) < 4.78 is 13.5. The third-order valence-corrected chi connectivity index (χ3v) is 4.88. The van der Waals surface area contributed by atoms with Crippen molar-refractivity contribution < 1.29 is 9.29 Å². The van der Waals surface area contributed by atoms with E-state index in [1.54, 1.807) is 12.1 Å². The molecule has 0 radical (unpaired) electrons. The molecule has 1 aromatic rings. The highest BCUT2D eigenvalue weighted by molar-refractivity contribution is 7.80. The van der Waals surface area contributed by atoms with E-state index in [1.807, 2.05) is 6.07 Å². The van der Waals surface area contributed by atoms with Gasteiger partial charge in [-0.25, -0.2) is 4.39 Å². The minimum Gasteiger partial charge on any atom is -0.347 e. The van der Waals surface area contributed by atoms with Gasteiger partial charge in [0.05, 0.1) is 18.8 Å². The van der Waals surface area contributed by atoms with Gasteiger partial charge in [-0.15, -0.1) is 0 Å². The molecule has 104 valence electrons. The van der Waals surface area contributed by atoms with Crippen molar-refractivity contribution in [2.45, 2.75) is 18.9 Å². The van der Waals surface area contributed by atoms with Crippen molar-refractivity contribution in [1.82, 2.24) is 10.6 Å². The standard InChI is InChI=1S/C15H16FN3S/c16-11-3-1-2-10(8-11)13-14-12(17-15(20)18-13)9-4-6-19(14)7-5-9/h1-3,8-9,13H,4-7H2,(H2,17,18,20)/p+1/t13-/m0/s1. The highest BCUT2D eigenvalue weighted by atomic mass is 32.1. The number of halogens is 1. The van der Waals surface area contributed by atoms with Gasteiger partial charge in [-0.1, -0.05) is 12.1 Å². The maximum absolute atomic E-state index is 13.5. The van der Waals surface area contributed by atoms with Crippen LogP contribution in [0.1, 0.15) is 24.4 Å². The molecule has 5 heteroatoms. The second-order valence-corrected chi connectivity index (χ2v) is 6.20. The van der Waals surface area contributed by atoms with Crippen molar-refractivity contribution in [2.24, 2.45) is 5.92 Å². The predicted molar refractivity (Wildman–Crippen MR) is 78.5 cm³/mol. The minimum atomic E-state index is -0.193. The number of piperidine rings is 1. The molecule has 0 aliphatic carbocycles. The molecule has 4 heterocycles. The van der Waals surface area contributed by atoms with E-state index in [0.29, 0.717) is 11.0 Å². The fourth-order valence-electron chi connectivity index (χ4n) is 3.76. The van der Waals surface area contributed by atoms with Crippen LogP contribution < -0.4 is 15.5 Å². The molecule has 1 aromatic carbocycles. The number of rotatable bonds is 1. The average molecular weight is 290 g/mol. The van der Waals surface area contributed by atoms with Gasteiger partial charge in [0.15, 0.2) is 10.8 Å². The van der Waals surface area contributed by atoms with Crippen molar-refractivity contribution in [2.75, 3.05) is 13.1 Å². The number of nitrogens with one attached hydrogen (secondary N) is 3. The average Bonchev–Trinajstić information content (AvgIpc) is 2.47. The van der Waals surface area contributed by atoms with Crippen LogP contribution >= 0.6 is 12.2 Å². The van der Waals surface area contributed by atoms with Crippen LogP contribution in [0.5, 0.6) is 0 Å². The highest BCUT2D eigenvalue weighted by Crippen LogP contribution is 2.33. The summed E-state index contributed by atoms with van der Waals surface area (Å²) in [5.74, 6) is 0.403. The van der Waals surface area contributed by atoms with Crippen molar-refractivity contribution >= 4 is 17.3 Å². The van der Waals surface area contributed by atoms with Crippen LogP contribution in [-0.2, 0) is 0 Å². The molecule has 4 aliphatic heterocycles. The fraction of sp³-hybridized carbons (Fsp3) is 0.400. The topological polar surface area (TPSA) is 28.5 Å². The van der Waals surface area contributed by atoms with Gasteiger partial charge in [0.25, 0.3) is 0 Å². The van der Waals surface area contributed by atoms with Gasteiger partial charge in [0.1, 0.15) is 11.9 Å². The van der Waals surface area contributed by atoms with Crippen LogP contribution in [0.4, 0.5) is 4.39 Å². The number of hydrogen-bond donors (Lipinski definition) is 3. The van der Waals surface area contributed by atoms with Crippen LogP contribution in [0.3, 0.4) is 0 Å². The molecule has 0 unspecified atom stereocenters. The van der Waals surface area contributed by atoms with Crippen LogP contribution in [0.2, 0.25) is 0 Å². The third-order valence-electron chi connectivity index (χ3n) is 4.66. The van der Waals surface area contributed by atoms with E-state index >= 15 is 0 Å². The molecule has 20 heavy (non-hydrogen) atoms. The maximum atomic E-state index is 13.5. The largest absolute Gasteiger partial charge is 0.347 e. The molecule has 3 nitrogen and oxygen atoms in total. The summed E-state index contributed by atoms with van der Waals surface area (Å²) in [6.07, 6.45) is 2.44. The Labute approximate surface area is 122 Å². The molecular formula is C15H17FN3S+. The number of benzene rings is 1. The Morgan fingerprint density at radius 3 is 2.80 bits per heavy atom. The lowest BCUT2D eigenvalue weighted by molar-refractivity contribution is -0.875. The summed E-state index contributed by atoms with van der Waals surface area (Å²) in [7, 11) is 0. The molecule has 4 aliphatic rings. The number of fused-ring (bicyclic) bond motifs is 2. The first kappa shape index (κ1) is 12.3. The van der Waals surface area contributed by atoms with E-state index < -0.39 is 0 Å². The minimum absolute atomic E-state index is 0.00699. The van der Waals surface area contributed by atoms with Gasteiger partial charge >= 0.3 is 0 Å². The van der Waals surface area contributed by atoms with Crippen molar-refractivity contribution in [3.05, 3.63) is 47.0 Å². The second kappa shape index (κ2) is 4.53. The molecular weight excluding hydrogens is 273 g/mol. The first-order valence-electron chi connectivity index (χ1n) is 7.14. The van der Waals surface area contributed by atoms with Gasteiger partial charge in [-0.05, 0) is 29.9 Å². The molecule has 0 aromatic heterocycles. The zero-order valence-corrected chi connectivity index (χ0v) is 11.9. The second-order valence-electron chi connectivity index (χ2n) is 5.79. The number of allylic oxidation sites excluding steroid dienone is 1. The maximum Gasteiger partial charge on any atom is 0.171 e. The summed E-state index contributed by atoms with van der Waals surface area (Å²) in [5, 5.41) is 7.33. The molecule has 2 bridgehead atoms. The van der Waals surface area contributed by atoms with E-state index in [9.17, 15) is 4.39 Å². The molecule has 0 saturated carbocycles. The van der Waals surface area contributed by atoms with Crippen LogP contribution in [0.25, 0.3) is 0 Å². The van der Waals surface area contributed by atoms with Crippen LogP contribution in [0, 0.1) is 11.7 Å².